The molecule has 2 atom stereocenters. The third-order valence-corrected chi connectivity index (χ3v) is 7.39. The fraction of sp³-hybridized carbons (Fsp3) is 0.440. The van der Waals surface area contributed by atoms with Gasteiger partial charge >= 0.3 is 5.97 Å². The lowest BCUT2D eigenvalue weighted by atomic mass is 9.81. The molecule has 1 amide bonds. The van der Waals surface area contributed by atoms with Crippen LogP contribution in [0.2, 0.25) is 10.0 Å². The predicted molar refractivity (Wildman–Crippen MR) is 135 cm³/mol. The number of nitrogens with zero attached hydrogens (tertiary/aromatic N) is 2. The Morgan fingerprint density at radius 1 is 1.15 bits per heavy atom. The van der Waals surface area contributed by atoms with Crippen LogP contribution in [0.25, 0.3) is 0 Å². The molecular weight excluding hydrogens is 499 g/mol. The van der Waals surface area contributed by atoms with E-state index in [0.717, 1.165) is 42.6 Å². The molecule has 1 fully saturated rings. The van der Waals surface area contributed by atoms with Crippen molar-refractivity contribution in [3.05, 3.63) is 63.1 Å². The maximum absolute atomic E-state index is 13.4. The van der Waals surface area contributed by atoms with E-state index in [2.05, 4.69) is 4.90 Å². The second kappa shape index (κ2) is 11.6. The van der Waals surface area contributed by atoms with Gasteiger partial charge in [-0.1, -0.05) is 41.4 Å². The van der Waals surface area contributed by atoms with Gasteiger partial charge < -0.3 is 14.7 Å². The lowest BCUT2D eigenvalue weighted by Crippen LogP contribution is -2.48. The lowest BCUT2D eigenvalue weighted by Gasteiger charge is -2.44. The summed E-state index contributed by atoms with van der Waals surface area (Å²) < 4.78 is 5.59. The number of hydrogen-bond acceptors (Lipinski definition) is 4. The third-order valence-electron chi connectivity index (χ3n) is 6.65. The van der Waals surface area contributed by atoms with Gasteiger partial charge in [0.25, 0.3) is 0 Å². The van der Waals surface area contributed by atoms with E-state index in [-0.39, 0.29) is 43.4 Å². The van der Waals surface area contributed by atoms with Crippen molar-refractivity contribution in [2.24, 2.45) is 0 Å². The van der Waals surface area contributed by atoms with E-state index in [9.17, 15) is 9.59 Å². The minimum atomic E-state index is -1.01. The van der Waals surface area contributed by atoms with Crippen molar-refractivity contribution >= 4 is 47.5 Å². The Morgan fingerprint density at radius 3 is 2.56 bits per heavy atom. The Bertz CT molecular complexity index is 1040. The van der Waals surface area contributed by atoms with Crippen molar-refractivity contribution in [3.8, 4) is 5.75 Å². The highest BCUT2D eigenvalue weighted by atomic mass is 35.5. The maximum Gasteiger partial charge on any atom is 0.341 e. The molecule has 4 rings (SSSR count). The number of carbonyl (C=O) groups is 2. The molecule has 9 heteroatoms. The highest BCUT2D eigenvalue weighted by Crippen LogP contribution is 2.41. The third kappa shape index (κ3) is 5.80. The molecule has 34 heavy (non-hydrogen) atoms. The van der Waals surface area contributed by atoms with Crippen LogP contribution in [-0.2, 0) is 22.4 Å². The zero-order valence-corrected chi connectivity index (χ0v) is 21.3. The van der Waals surface area contributed by atoms with Crippen LogP contribution in [0.4, 0.5) is 0 Å². The average Bonchev–Trinajstić information content (AvgIpc) is 3.33. The molecule has 0 bridgehead atoms. The van der Waals surface area contributed by atoms with Gasteiger partial charge in [-0.05, 0) is 73.7 Å². The molecule has 0 unspecified atom stereocenters. The van der Waals surface area contributed by atoms with E-state index in [1.54, 1.807) is 12.1 Å². The van der Waals surface area contributed by atoms with Crippen LogP contribution in [0, 0.1) is 0 Å². The van der Waals surface area contributed by atoms with Crippen LogP contribution in [0.3, 0.4) is 0 Å². The topological polar surface area (TPSA) is 70.1 Å². The van der Waals surface area contributed by atoms with Gasteiger partial charge in [-0.2, -0.15) is 0 Å². The van der Waals surface area contributed by atoms with Crippen LogP contribution >= 0.6 is 35.6 Å². The van der Waals surface area contributed by atoms with Crippen LogP contribution in [0.1, 0.15) is 42.0 Å². The molecule has 1 saturated heterocycles. The standard InChI is InChI=1S/C25H28Cl2N2O4.ClH/c1-28(23(30)14-16-7-9-19(26)20(27)13-16)25-18-5-4-6-22(33-15-24(31)32)17(18)8-10-21(25)29-11-2-3-12-29;/h4-7,9,13,21,25H,2-3,8,10-12,14-15H2,1H3,(H,31,32);1H/t21-,25-;/m0./s1. The van der Waals surface area contributed by atoms with Gasteiger partial charge in [-0.15, -0.1) is 12.4 Å². The van der Waals surface area contributed by atoms with E-state index in [0.29, 0.717) is 15.8 Å². The Morgan fingerprint density at radius 2 is 1.88 bits per heavy atom. The summed E-state index contributed by atoms with van der Waals surface area (Å²) in [4.78, 5) is 28.8. The number of carboxylic acids is 1. The molecule has 2 aliphatic rings. The Kier molecular flexibility index (Phi) is 9.10. The molecule has 6 nitrogen and oxygen atoms in total. The highest BCUT2D eigenvalue weighted by Gasteiger charge is 2.39. The summed E-state index contributed by atoms with van der Waals surface area (Å²) in [6.07, 6.45) is 4.23. The SMILES string of the molecule is CN(C(=O)Cc1ccc(Cl)c(Cl)c1)[C@H]1c2cccc(OCC(=O)O)c2CC[C@@H]1N1CCCC1.Cl. The van der Waals surface area contributed by atoms with E-state index in [1.807, 2.05) is 36.2 Å². The van der Waals surface area contributed by atoms with Gasteiger partial charge in [-0.3, -0.25) is 9.69 Å². The number of benzene rings is 2. The summed E-state index contributed by atoms with van der Waals surface area (Å²) in [7, 11) is 1.85. The molecule has 184 valence electrons. The number of carboxylic acid groups (broad SMARTS) is 1. The summed E-state index contributed by atoms with van der Waals surface area (Å²) in [6, 6.07) is 11.1. The first-order chi connectivity index (χ1) is 15.8. The molecule has 1 aliphatic heterocycles. The zero-order chi connectivity index (χ0) is 23.5. The monoisotopic (exact) mass is 526 g/mol. The quantitative estimate of drug-likeness (QED) is 0.547. The number of fused-ring (bicyclic) bond motifs is 1. The summed E-state index contributed by atoms with van der Waals surface area (Å²) in [5.41, 5.74) is 2.84. The van der Waals surface area contributed by atoms with Gasteiger partial charge in [0.05, 0.1) is 22.5 Å². The summed E-state index contributed by atoms with van der Waals surface area (Å²) in [6.45, 7) is 1.67. The zero-order valence-electron chi connectivity index (χ0n) is 19.0. The second-order valence-corrected chi connectivity index (χ2v) is 9.54. The van der Waals surface area contributed by atoms with Crippen LogP contribution in [-0.4, -0.2) is 59.6 Å². The van der Waals surface area contributed by atoms with Gasteiger partial charge in [0.1, 0.15) is 5.75 Å². The first-order valence-corrected chi connectivity index (χ1v) is 12.0. The van der Waals surface area contributed by atoms with Gasteiger partial charge in [-0.25, -0.2) is 4.79 Å². The number of amides is 1. The number of aliphatic carboxylic acids is 1. The van der Waals surface area contributed by atoms with Crippen molar-refractivity contribution < 1.29 is 19.4 Å². The summed E-state index contributed by atoms with van der Waals surface area (Å²) in [5, 5.41) is 9.95. The van der Waals surface area contributed by atoms with E-state index in [4.69, 9.17) is 33.0 Å². The Labute approximate surface area is 216 Å². The number of rotatable bonds is 7. The van der Waals surface area contributed by atoms with E-state index in [1.165, 1.54) is 12.8 Å². The van der Waals surface area contributed by atoms with Crippen molar-refractivity contribution in [3.63, 3.8) is 0 Å². The second-order valence-electron chi connectivity index (χ2n) is 8.73. The van der Waals surface area contributed by atoms with Crippen LogP contribution in [0.5, 0.6) is 5.75 Å². The Hall–Kier alpha value is -1.99. The van der Waals surface area contributed by atoms with E-state index >= 15 is 0 Å². The molecule has 1 N–H and O–H groups in total. The normalized spacial score (nSPS) is 19.7. The van der Waals surface area contributed by atoms with Gasteiger partial charge in [0.2, 0.25) is 5.91 Å². The first kappa shape index (κ1) is 26.6. The molecule has 0 radical (unpaired) electrons. The molecule has 0 aromatic heterocycles. The predicted octanol–water partition coefficient (Wildman–Crippen LogP) is 5.03. The largest absolute Gasteiger partial charge is 0.482 e. The van der Waals surface area contributed by atoms with Crippen molar-refractivity contribution in [1.82, 2.24) is 9.80 Å². The van der Waals surface area contributed by atoms with Crippen LogP contribution in [0.15, 0.2) is 36.4 Å². The summed E-state index contributed by atoms with van der Waals surface area (Å²) in [5.74, 6) is -0.429. The number of likely N-dealkylation sites (tertiary alicyclic amines) is 1. The number of ether oxygens (including phenoxy) is 1. The smallest absolute Gasteiger partial charge is 0.341 e. The number of likely N-dealkylation sites (N-methyl/N-ethyl adjacent to an activating group) is 1. The molecule has 1 aliphatic carbocycles. The number of carbonyl (C=O) groups excluding carboxylic acids is 1. The minimum absolute atomic E-state index is 0. The Balaban J connectivity index is 0.00000324. The molecule has 0 spiro atoms. The first-order valence-electron chi connectivity index (χ1n) is 11.2. The fourth-order valence-corrected chi connectivity index (χ4v) is 5.41. The molecule has 2 aromatic carbocycles. The molecular formula is C25H29Cl3N2O4. The van der Waals surface area contributed by atoms with Crippen molar-refractivity contribution in [2.75, 3.05) is 26.7 Å². The summed E-state index contributed by atoms with van der Waals surface area (Å²) >= 11 is 12.2. The highest BCUT2D eigenvalue weighted by molar-refractivity contribution is 6.42. The van der Waals surface area contributed by atoms with Crippen molar-refractivity contribution in [1.29, 1.82) is 0 Å². The fourth-order valence-electron chi connectivity index (χ4n) is 5.09. The van der Waals surface area contributed by atoms with E-state index < -0.39 is 5.97 Å². The molecule has 1 heterocycles. The molecule has 0 saturated carbocycles. The molecule has 2 aromatic rings. The number of halogens is 3. The van der Waals surface area contributed by atoms with Gasteiger partial charge in [0.15, 0.2) is 6.61 Å². The number of hydrogen-bond donors (Lipinski definition) is 1. The maximum atomic E-state index is 13.4. The lowest BCUT2D eigenvalue weighted by molar-refractivity contribution is -0.139. The van der Waals surface area contributed by atoms with Gasteiger partial charge in [0, 0.05) is 13.1 Å². The van der Waals surface area contributed by atoms with Crippen molar-refractivity contribution in [2.45, 2.75) is 44.2 Å². The van der Waals surface area contributed by atoms with Crippen LogP contribution < -0.4 is 4.74 Å². The minimum Gasteiger partial charge on any atom is -0.482 e. The average molecular weight is 528 g/mol.